The SMILES string of the molecule is CC(C)C1(C(=O)NC2CCCCC2CO)CCNC1. The minimum Gasteiger partial charge on any atom is -0.396 e. The first-order valence-corrected chi connectivity index (χ1v) is 7.72. The zero-order chi connectivity index (χ0) is 13.9. The van der Waals surface area contributed by atoms with E-state index in [4.69, 9.17) is 0 Å². The first-order valence-electron chi connectivity index (χ1n) is 7.72. The lowest BCUT2D eigenvalue weighted by Crippen LogP contribution is -2.52. The van der Waals surface area contributed by atoms with Gasteiger partial charge in [0.15, 0.2) is 0 Å². The normalized spacial score (nSPS) is 35.6. The zero-order valence-corrected chi connectivity index (χ0v) is 12.2. The third-order valence-corrected chi connectivity index (χ3v) is 5.21. The molecule has 2 fully saturated rings. The Morgan fingerprint density at radius 3 is 2.74 bits per heavy atom. The second kappa shape index (κ2) is 6.23. The van der Waals surface area contributed by atoms with Crippen molar-refractivity contribution in [2.75, 3.05) is 19.7 Å². The molecule has 1 saturated heterocycles. The molecule has 4 heteroatoms. The van der Waals surface area contributed by atoms with Crippen molar-refractivity contribution >= 4 is 5.91 Å². The van der Waals surface area contributed by atoms with E-state index in [1.807, 2.05) is 0 Å². The molecule has 0 aromatic heterocycles. The third-order valence-electron chi connectivity index (χ3n) is 5.21. The van der Waals surface area contributed by atoms with Crippen LogP contribution >= 0.6 is 0 Å². The van der Waals surface area contributed by atoms with Crippen LogP contribution < -0.4 is 10.6 Å². The average Bonchev–Trinajstić information content (AvgIpc) is 2.90. The molecule has 0 radical (unpaired) electrons. The van der Waals surface area contributed by atoms with Crippen LogP contribution in [0.25, 0.3) is 0 Å². The fourth-order valence-electron chi connectivity index (χ4n) is 3.59. The summed E-state index contributed by atoms with van der Waals surface area (Å²) >= 11 is 0. The van der Waals surface area contributed by atoms with E-state index in [9.17, 15) is 9.90 Å². The van der Waals surface area contributed by atoms with E-state index in [2.05, 4.69) is 24.5 Å². The summed E-state index contributed by atoms with van der Waals surface area (Å²) < 4.78 is 0. The van der Waals surface area contributed by atoms with Gasteiger partial charge in [0.25, 0.3) is 0 Å². The smallest absolute Gasteiger partial charge is 0.228 e. The Morgan fingerprint density at radius 2 is 2.16 bits per heavy atom. The van der Waals surface area contributed by atoms with Gasteiger partial charge in [-0.15, -0.1) is 0 Å². The maximum Gasteiger partial charge on any atom is 0.228 e. The summed E-state index contributed by atoms with van der Waals surface area (Å²) in [4.78, 5) is 12.7. The second-order valence-electron chi connectivity index (χ2n) is 6.54. The van der Waals surface area contributed by atoms with Crippen LogP contribution in [0, 0.1) is 17.3 Å². The van der Waals surface area contributed by atoms with Crippen molar-refractivity contribution < 1.29 is 9.90 Å². The van der Waals surface area contributed by atoms with Crippen LogP contribution in [0.3, 0.4) is 0 Å². The van der Waals surface area contributed by atoms with Gasteiger partial charge < -0.3 is 15.7 Å². The molecule has 1 aliphatic carbocycles. The third kappa shape index (κ3) is 2.95. The number of amides is 1. The highest BCUT2D eigenvalue weighted by Crippen LogP contribution is 2.35. The van der Waals surface area contributed by atoms with E-state index < -0.39 is 0 Å². The Kier molecular flexibility index (Phi) is 4.85. The molecule has 3 atom stereocenters. The monoisotopic (exact) mass is 268 g/mol. The molecule has 4 nitrogen and oxygen atoms in total. The molecular weight excluding hydrogens is 240 g/mol. The molecule has 1 saturated carbocycles. The van der Waals surface area contributed by atoms with E-state index in [0.29, 0.717) is 5.92 Å². The molecule has 1 heterocycles. The number of hydrogen-bond acceptors (Lipinski definition) is 3. The van der Waals surface area contributed by atoms with Crippen molar-refractivity contribution in [1.29, 1.82) is 0 Å². The zero-order valence-electron chi connectivity index (χ0n) is 12.2. The number of carbonyl (C=O) groups excluding carboxylic acids is 1. The van der Waals surface area contributed by atoms with Gasteiger partial charge in [0.05, 0.1) is 5.41 Å². The van der Waals surface area contributed by atoms with Gasteiger partial charge in [-0.1, -0.05) is 26.7 Å². The van der Waals surface area contributed by atoms with Crippen molar-refractivity contribution in [3.63, 3.8) is 0 Å². The molecule has 0 spiro atoms. The van der Waals surface area contributed by atoms with Gasteiger partial charge in [0.1, 0.15) is 0 Å². The Hall–Kier alpha value is -0.610. The van der Waals surface area contributed by atoms with Crippen molar-refractivity contribution in [2.24, 2.45) is 17.3 Å². The molecule has 0 aromatic rings. The molecule has 110 valence electrons. The lowest BCUT2D eigenvalue weighted by atomic mass is 9.74. The fourth-order valence-corrected chi connectivity index (χ4v) is 3.59. The predicted molar refractivity (Wildman–Crippen MR) is 75.7 cm³/mol. The van der Waals surface area contributed by atoms with Crippen LogP contribution in [0.5, 0.6) is 0 Å². The topological polar surface area (TPSA) is 61.4 Å². The van der Waals surface area contributed by atoms with Crippen LogP contribution in [0.15, 0.2) is 0 Å². The van der Waals surface area contributed by atoms with Gasteiger partial charge in [0.2, 0.25) is 5.91 Å². The van der Waals surface area contributed by atoms with Gasteiger partial charge in [-0.25, -0.2) is 0 Å². The predicted octanol–water partition coefficient (Wildman–Crippen LogP) is 1.29. The van der Waals surface area contributed by atoms with Crippen LogP contribution in [-0.2, 0) is 4.79 Å². The Balaban J connectivity index is 2.02. The minimum absolute atomic E-state index is 0.169. The van der Waals surface area contributed by atoms with Crippen LogP contribution in [0.1, 0.15) is 46.0 Å². The summed E-state index contributed by atoms with van der Waals surface area (Å²) in [5, 5.41) is 16.0. The average molecular weight is 268 g/mol. The van der Waals surface area contributed by atoms with E-state index in [1.165, 1.54) is 6.42 Å². The van der Waals surface area contributed by atoms with E-state index in [-0.39, 0.29) is 29.9 Å². The Bertz CT molecular complexity index is 311. The molecular formula is C15H28N2O2. The van der Waals surface area contributed by atoms with Gasteiger partial charge >= 0.3 is 0 Å². The van der Waals surface area contributed by atoms with Crippen molar-refractivity contribution in [3.05, 3.63) is 0 Å². The number of hydrogen-bond donors (Lipinski definition) is 3. The van der Waals surface area contributed by atoms with Crippen LogP contribution in [0.2, 0.25) is 0 Å². The molecule has 1 aliphatic heterocycles. The van der Waals surface area contributed by atoms with Crippen molar-refractivity contribution in [1.82, 2.24) is 10.6 Å². The first-order chi connectivity index (χ1) is 9.10. The second-order valence-corrected chi connectivity index (χ2v) is 6.54. The Labute approximate surface area is 116 Å². The summed E-state index contributed by atoms with van der Waals surface area (Å²) in [5.41, 5.74) is -0.253. The number of aliphatic hydroxyl groups excluding tert-OH is 1. The maximum absolute atomic E-state index is 12.7. The summed E-state index contributed by atoms with van der Waals surface area (Å²) in [6.45, 7) is 6.18. The quantitative estimate of drug-likeness (QED) is 0.720. The number of rotatable bonds is 4. The van der Waals surface area contributed by atoms with Crippen LogP contribution in [0.4, 0.5) is 0 Å². The number of aliphatic hydroxyl groups is 1. The lowest BCUT2D eigenvalue weighted by molar-refractivity contribution is -0.134. The summed E-state index contributed by atoms with van der Waals surface area (Å²) in [6.07, 6.45) is 5.31. The highest BCUT2D eigenvalue weighted by Gasteiger charge is 2.44. The van der Waals surface area contributed by atoms with E-state index in [0.717, 1.165) is 38.8 Å². The molecule has 0 bridgehead atoms. The minimum atomic E-state index is -0.253. The fraction of sp³-hybridized carbons (Fsp3) is 0.933. The van der Waals surface area contributed by atoms with Gasteiger partial charge in [0, 0.05) is 25.1 Å². The Morgan fingerprint density at radius 1 is 1.42 bits per heavy atom. The first kappa shape index (κ1) is 14.8. The van der Waals surface area contributed by atoms with Crippen LogP contribution in [-0.4, -0.2) is 36.8 Å². The summed E-state index contributed by atoms with van der Waals surface area (Å²) in [5.74, 6) is 0.785. The maximum atomic E-state index is 12.7. The summed E-state index contributed by atoms with van der Waals surface area (Å²) in [7, 11) is 0. The van der Waals surface area contributed by atoms with Crippen molar-refractivity contribution in [2.45, 2.75) is 52.0 Å². The van der Waals surface area contributed by atoms with Gasteiger partial charge in [-0.3, -0.25) is 4.79 Å². The van der Waals surface area contributed by atoms with Crippen molar-refractivity contribution in [3.8, 4) is 0 Å². The van der Waals surface area contributed by atoms with Gasteiger partial charge in [-0.05, 0) is 31.7 Å². The molecule has 0 aromatic carbocycles. The largest absolute Gasteiger partial charge is 0.396 e. The number of nitrogens with one attached hydrogen (secondary N) is 2. The highest BCUT2D eigenvalue weighted by molar-refractivity contribution is 5.84. The lowest BCUT2D eigenvalue weighted by Gasteiger charge is -2.36. The van der Waals surface area contributed by atoms with E-state index in [1.54, 1.807) is 0 Å². The highest BCUT2D eigenvalue weighted by atomic mass is 16.3. The molecule has 19 heavy (non-hydrogen) atoms. The summed E-state index contributed by atoms with van der Waals surface area (Å²) in [6, 6.07) is 0.169. The standard InChI is InChI=1S/C15H28N2O2/c1-11(2)15(7-8-16-10-15)14(19)17-13-6-4-3-5-12(13)9-18/h11-13,16,18H,3-10H2,1-2H3,(H,17,19). The molecule has 2 aliphatic rings. The molecule has 2 rings (SSSR count). The number of carbonyl (C=O) groups is 1. The molecule has 3 unspecified atom stereocenters. The van der Waals surface area contributed by atoms with Gasteiger partial charge in [-0.2, -0.15) is 0 Å². The van der Waals surface area contributed by atoms with E-state index >= 15 is 0 Å². The molecule has 1 amide bonds. The molecule has 3 N–H and O–H groups in total.